The summed E-state index contributed by atoms with van der Waals surface area (Å²) in [5.74, 6) is 1.60. The van der Waals surface area contributed by atoms with Crippen LogP contribution >= 0.6 is 11.6 Å². The smallest absolute Gasteiger partial charge is 0.271 e. The van der Waals surface area contributed by atoms with E-state index in [0.29, 0.717) is 23.6 Å². The number of non-ortho nitro benzene ring substituents is 1. The lowest BCUT2D eigenvalue weighted by molar-refractivity contribution is -0.384. The topological polar surface area (TPSA) is 78.8 Å². The van der Waals surface area contributed by atoms with Gasteiger partial charge in [0.15, 0.2) is 0 Å². The number of nitro benzene ring substituents is 1. The standard InChI is InChI=1S/C19H16ClN5O2/c1-2-24-17-7-6-15(25(26)27)11-16(17)22-18(24)12-23-9-8-21-19(23)13-4-3-5-14(20)10-13/h3-11H,2,12H2,1H3. The van der Waals surface area contributed by atoms with Crippen LogP contribution in [0.15, 0.2) is 54.9 Å². The first-order valence-electron chi connectivity index (χ1n) is 8.47. The number of rotatable bonds is 5. The lowest BCUT2D eigenvalue weighted by Crippen LogP contribution is -2.08. The third-order valence-electron chi connectivity index (χ3n) is 4.45. The summed E-state index contributed by atoms with van der Waals surface area (Å²) in [6.07, 6.45) is 3.62. The van der Waals surface area contributed by atoms with Gasteiger partial charge < -0.3 is 9.13 Å². The van der Waals surface area contributed by atoms with Gasteiger partial charge >= 0.3 is 0 Å². The van der Waals surface area contributed by atoms with Gasteiger partial charge in [0.25, 0.3) is 5.69 Å². The van der Waals surface area contributed by atoms with Gasteiger partial charge in [-0.1, -0.05) is 23.7 Å². The van der Waals surface area contributed by atoms with Crippen LogP contribution in [0.25, 0.3) is 22.4 Å². The molecule has 0 aliphatic carbocycles. The molecule has 0 amide bonds. The fourth-order valence-electron chi connectivity index (χ4n) is 3.23. The number of halogens is 1. The quantitative estimate of drug-likeness (QED) is 0.376. The van der Waals surface area contributed by atoms with Crippen LogP contribution in [0, 0.1) is 10.1 Å². The van der Waals surface area contributed by atoms with E-state index in [0.717, 1.165) is 22.7 Å². The maximum atomic E-state index is 11.0. The Morgan fingerprint density at radius 3 is 2.81 bits per heavy atom. The van der Waals surface area contributed by atoms with Crippen LogP contribution in [0.4, 0.5) is 5.69 Å². The fourth-order valence-corrected chi connectivity index (χ4v) is 3.42. The van der Waals surface area contributed by atoms with Gasteiger partial charge in [0.2, 0.25) is 0 Å². The number of fused-ring (bicyclic) bond motifs is 1. The molecule has 7 nitrogen and oxygen atoms in total. The molecule has 0 saturated heterocycles. The molecule has 4 aromatic rings. The van der Waals surface area contributed by atoms with E-state index in [4.69, 9.17) is 11.6 Å². The van der Waals surface area contributed by atoms with Crippen molar-refractivity contribution in [1.29, 1.82) is 0 Å². The zero-order valence-corrected chi connectivity index (χ0v) is 15.3. The molecule has 136 valence electrons. The Morgan fingerprint density at radius 2 is 2.07 bits per heavy atom. The molecule has 2 aromatic heterocycles. The summed E-state index contributed by atoms with van der Waals surface area (Å²) in [6.45, 7) is 3.24. The summed E-state index contributed by atoms with van der Waals surface area (Å²) >= 11 is 6.11. The van der Waals surface area contributed by atoms with Gasteiger partial charge in [0, 0.05) is 41.7 Å². The molecule has 4 rings (SSSR count). The van der Waals surface area contributed by atoms with Crippen LogP contribution in [0.2, 0.25) is 5.02 Å². The molecule has 0 fully saturated rings. The van der Waals surface area contributed by atoms with Crippen molar-refractivity contribution in [2.24, 2.45) is 0 Å². The molecule has 0 N–H and O–H groups in total. The molecule has 0 aliphatic heterocycles. The highest BCUT2D eigenvalue weighted by Gasteiger charge is 2.15. The van der Waals surface area contributed by atoms with Crippen molar-refractivity contribution in [1.82, 2.24) is 19.1 Å². The Hall–Kier alpha value is -3.19. The molecule has 0 radical (unpaired) electrons. The van der Waals surface area contributed by atoms with E-state index in [1.54, 1.807) is 12.3 Å². The largest absolute Gasteiger partial charge is 0.327 e. The van der Waals surface area contributed by atoms with Gasteiger partial charge in [0.05, 0.1) is 22.5 Å². The van der Waals surface area contributed by atoms with Crippen molar-refractivity contribution in [2.45, 2.75) is 20.0 Å². The normalized spacial score (nSPS) is 11.2. The summed E-state index contributed by atoms with van der Waals surface area (Å²) < 4.78 is 4.05. The third-order valence-corrected chi connectivity index (χ3v) is 4.68. The molecule has 8 heteroatoms. The highest BCUT2D eigenvalue weighted by atomic mass is 35.5. The first-order valence-corrected chi connectivity index (χ1v) is 8.85. The van der Waals surface area contributed by atoms with Gasteiger partial charge in [-0.3, -0.25) is 10.1 Å². The number of imidazole rings is 2. The van der Waals surface area contributed by atoms with Gasteiger partial charge in [-0.25, -0.2) is 9.97 Å². The number of benzene rings is 2. The predicted octanol–water partition coefficient (Wildman–Crippen LogP) is 4.53. The molecule has 0 bridgehead atoms. The van der Waals surface area contributed by atoms with Crippen LogP contribution in [0.3, 0.4) is 0 Å². The highest BCUT2D eigenvalue weighted by molar-refractivity contribution is 6.30. The summed E-state index contributed by atoms with van der Waals surface area (Å²) in [5, 5.41) is 11.7. The van der Waals surface area contributed by atoms with E-state index < -0.39 is 4.92 Å². The Labute approximate surface area is 160 Å². The molecule has 0 unspecified atom stereocenters. The van der Waals surface area contributed by atoms with Crippen LogP contribution in [-0.2, 0) is 13.1 Å². The molecule has 0 spiro atoms. The van der Waals surface area contributed by atoms with E-state index in [2.05, 4.69) is 14.5 Å². The molecule has 2 heterocycles. The first kappa shape index (κ1) is 17.2. The van der Waals surface area contributed by atoms with Gasteiger partial charge in [-0.15, -0.1) is 0 Å². The number of aryl methyl sites for hydroxylation is 1. The number of hydrogen-bond donors (Lipinski definition) is 0. The zero-order valence-electron chi connectivity index (χ0n) is 14.5. The minimum Gasteiger partial charge on any atom is -0.327 e. The van der Waals surface area contributed by atoms with E-state index >= 15 is 0 Å². The van der Waals surface area contributed by atoms with E-state index in [-0.39, 0.29) is 5.69 Å². The van der Waals surface area contributed by atoms with Crippen LogP contribution in [0.1, 0.15) is 12.7 Å². The predicted molar refractivity (Wildman–Crippen MR) is 104 cm³/mol. The summed E-state index contributed by atoms with van der Waals surface area (Å²) in [4.78, 5) is 19.7. The monoisotopic (exact) mass is 381 g/mol. The fraction of sp³-hybridized carbons (Fsp3) is 0.158. The van der Waals surface area contributed by atoms with Crippen molar-refractivity contribution >= 4 is 28.3 Å². The van der Waals surface area contributed by atoms with Gasteiger partial charge in [-0.05, 0) is 25.1 Å². The lowest BCUT2D eigenvalue weighted by atomic mass is 10.2. The van der Waals surface area contributed by atoms with Crippen LogP contribution in [0.5, 0.6) is 0 Å². The molecule has 0 atom stereocenters. The van der Waals surface area contributed by atoms with Crippen LogP contribution < -0.4 is 0 Å². The number of nitrogens with zero attached hydrogens (tertiary/aromatic N) is 5. The maximum Gasteiger partial charge on any atom is 0.271 e. The van der Waals surface area contributed by atoms with Crippen molar-refractivity contribution < 1.29 is 4.92 Å². The average Bonchev–Trinajstić information content (AvgIpc) is 3.25. The highest BCUT2D eigenvalue weighted by Crippen LogP contribution is 2.25. The molecule has 2 aromatic carbocycles. The minimum atomic E-state index is -0.406. The summed E-state index contributed by atoms with van der Waals surface area (Å²) in [6, 6.07) is 12.3. The minimum absolute atomic E-state index is 0.0389. The SMILES string of the molecule is CCn1c(Cn2ccnc2-c2cccc(Cl)c2)nc2cc([N+](=O)[O-])ccc21. The molecular weight excluding hydrogens is 366 g/mol. The first-order chi connectivity index (χ1) is 13.1. The van der Waals surface area contributed by atoms with E-state index in [9.17, 15) is 10.1 Å². The summed E-state index contributed by atoms with van der Waals surface area (Å²) in [7, 11) is 0. The van der Waals surface area contributed by atoms with Crippen molar-refractivity contribution in [2.75, 3.05) is 0 Å². The van der Waals surface area contributed by atoms with E-state index in [1.165, 1.54) is 12.1 Å². The van der Waals surface area contributed by atoms with Crippen molar-refractivity contribution in [3.8, 4) is 11.4 Å². The third kappa shape index (κ3) is 3.17. The number of aromatic nitrogens is 4. The second-order valence-electron chi connectivity index (χ2n) is 6.09. The molecular formula is C19H16ClN5O2. The zero-order chi connectivity index (χ0) is 19.0. The second-order valence-corrected chi connectivity index (χ2v) is 6.53. The average molecular weight is 382 g/mol. The molecule has 0 aliphatic rings. The van der Waals surface area contributed by atoms with Crippen molar-refractivity contribution in [3.05, 3.63) is 75.8 Å². The molecule has 27 heavy (non-hydrogen) atoms. The van der Waals surface area contributed by atoms with Gasteiger partial charge in [-0.2, -0.15) is 0 Å². The maximum absolute atomic E-state index is 11.0. The number of nitro groups is 1. The van der Waals surface area contributed by atoms with Gasteiger partial charge in [0.1, 0.15) is 11.6 Å². The van der Waals surface area contributed by atoms with Crippen molar-refractivity contribution in [3.63, 3.8) is 0 Å². The molecule has 0 saturated carbocycles. The lowest BCUT2D eigenvalue weighted by Gasteiger charge is -2.10. The Morgan fingerprint density at radius 1 is 1.22 bits per heavy atom. The Kier molecular flexibility index (Phi) is 4.37. The van der Waals surface area contributed by atoms with E-state index in [1.807, 2.05) is 42.0 Å². The Balaban J connectivity index is 1.76. The summed E-state index contributed by atoms with van der Waals surface area (Å²) in [5.41, 5.74) is 2.45. The Bertz CT molecular complexity index is 1150. The number of hydrogen-bond acceptors (Lipinski definition) is 4. The van der Waals surface area contributed by atoms with Crippen LogP contribution in [-0.4, -0.2) is 24.0 Å². The second kappa shape index (κ2) is 6.85.